The van der Waals surface area contributed by atoms with Crippen molar-refractivity contribution < 1.29 is 0 Å². The van der Waals surface area contributed by atoms with Crippen molar-refractivity contribution in [2.75, 3.05) is 0 Å². The number of aryl methyl sites for hydroxylation is 6. The number of rotatable bonds is 5. The molecule has 0 spiro atoms. The zero-order valence-electron chi connectivity index (χ0n) is 44.0. The number of aromatic nitrogens is 3. The Labute approximate surface area is 419 Å². The van der Waals surface area contributed by atoms with Crippen LogP contribution in [0.15, 0.2) is 128 Å². The third-order valence-corrected chi connectivity index (χ3v) is 14.5. The van der Waals surface area contributed by atoms with Gasteiger partial charge in [-0.2, -0.15) is 0 Å². The van der Waals surface area contributed by atoms with E-state index in [2.05, 4.69) is 229 Å². The van der Waals surface area contributed by atoms with E-state index in [1.807, 2.05) is 23.7 Å². The van der Waals surface area contributed by atoms with Crippen LogP contribution in [0.1, 0.15) is 161 Å². The number of nitrogens with zero attached hydrogens (tertiary/aromatic N) is 3. The van der Waals surface area contributed by atoms with Crippen molar-refractivity contribution in [2.24, 2.45) is 5.92 Å². The van der Waals surface area contributed by atoms with E-state index in [1.54, 1.807) is 0 Å². The van der Waals surface area contributed by atoms with Gasteiger partial charge in [0, 0.05) is 23.9 Å². The number of benzene rings is 8. The highest BCUT2D eigenvalue weighted by Crippen LogP contribution is 2.40. The lowest BCUT2D eigenvalue weighted by atomic mass is 9.87. The van der Waals surface area contributed by atoms with Crippen LogP contribution < -0.4 is 0 Å². The van der Waals surface area contributed by atoms with E-state index in [4.69, 9.17) is 4.98 Å². The van der Waals surface area contributed by atoms with Gasteiger partial charge in [-0.25, -0.2) is 9.97 Å². The average molecular weight is 924 g/mol. The topological polar surface area (TPSA) is 30.2 Å². The standard InChI is InChI=1S/C20H18.C18H22.C15H18.C13H15N3.CH4/c1-12(2)16-10-9-15-8-7-14-5-4-6-17-13(3)11-18(16)20(15)19(14)17;1-6-8-16-13(4)11-18-15(12(2)3)9-7-10-17(18)14(16)5;1-10(2)13-6-5-7-14-12(4)8-11(3)9-15(13)14;1-8(2)10-4-5-11-12(10)15-9(3)16-7-6-14-13(11)16;/h4-12H,1-3H3;6-12H,1-5H3;5-10H,1-4H3;4-8,10H,1-3H3;1H4/b;8-6-;;;. The molecule has 8 aromatic carbocycles. The first-order valence-corrected chi connectivity index (χ1v) is 25.3. The SMILES string of the molecule is C.C/C=C\c1c(C)cc2c(C(C)C)cccc2c1C.Cc1cc(C)c2cccc(C(C)C)c2c1.Cc1cc2c(C(C)C)ccc3ccc4cccc1c4c32.Cc1nc2c(c3nccn13)C=CC2C(C)C. The quantitative estimate of drug-likeness (QED) is 0.161. The van der Waals surface area contributed by atoms with Gasteiger partial charge in [0.2, 0.25) is 0 Å². The first-order chi connectivity index (χ1) is 33.0. The summed E-state index contributed by atoms with van der Waals surface area (Å²) in [6.45, 7) is 33.2. The van der Waals surface area contributed by atoms with Gasteiger partial charge in [-0.15, -0.1) is 0 Å². The summed E-state index contributed by atoms with van der Waals surface area (Å²) in [4.78, 5) is 9.13. The van der Waals surface area contributed by atoms with Crippen molar-refractivity contribution in [3.8, 4) is 0 Å². The molecule has 1 aliphatic rings. The smallest absolute Gasteiger partial charge is 0.147 e. The molecule has 11 rings (SSSR count). The molecule has 360 valence electrons. The summed E-state index contributed by atoms with van der Waals surface area (Å²) >= 11 is 0. The third kappa shape index (κ3) is 9.78. The minimum absolute atomic E-state index is 0. The van der Waals surface area contributed by atoms with Crippen molar-refractivity contribution in [3.63, 3.8) is 0 Å². The van der Waals surface area contributed by atoms with Crippen LogP contribution in [0.5, 0.6) is 0 Å². The maximum atomic E-state index is 4.72. The van der Waals surface area contributed by atoms with E-state index in [-0.39, 0.29) is 7.43 Å². The van der Waals surface area contributed by atoms with Crippen LogP contribution in [-0.4, -0.2) is 14.4 Å². The highest BCUT2D eigenvalue weighted by Gasteiger charge is 2.25. The van der Waals surface area contributed by atoms with Crippen LogP contribution in [0, 0.1) is 47.5 Å². The molecule has 1 atom stereocenters. The Morgan fingerprint density at radius 3 is 1.74 bits per heavy atom. The van der Waals surface area contributed by atoms with E-state index in [0.29, 0.717) is 29.6 Å². The van der Waals surface area contributed by atoms with Crippen LogP contribution in [0.2, 0.25) is 0 Å². The molecule has 0 amide bonds. The summed E-state index contributed by atoms with van der Waals surface area (Å²) in [5, 5.41) is 14.0. The molecule has 0 N–H and O–H groups in total. The number of hydrogen-bond acceptors (Lipinski definition) is 2. The third-order valence-electron chi connectivity index (χ3n) is 14.5. The Morgan fingerprint density at radius 1 is 0.557 bits per heavy atom. The predicted molar refractivity (Wildman–Crippen MR) is 310 cm³/mol. The van der Waals surface area contributed by atoms with Gasteiger partial charge in [-0.1, -0.05) is 196 Å². The second-order valence-corrected chi connectivity index (χ2v) is 20.8. The molecule has 0 bridgehead atoms. The molecule has 0 saturated heterocycles. The van der Waals surface area contributed by atoms with Crippen LogP contribution in [-0.2, 0) is 0 Å². The highest BCUT2D eigenvalue weighted by atomic mass is 15.1. The van der Waals surface area contributed by atoms with Gasteiger partial charge >= 0.3 is 0 Å². The molecule has 70 heavy (non-hydrogen) atoms. The average Bonchev–Trinajstić information content (AvgIpc) is 3.99. The second kappa shape index (κ2) is 21.2. The summed E-state index contributed by atoms with van der Waals surface area (Å²) in [6.07, 6.45) is 12.5. The number of allylic oxidation sites excluding steroid dienone is 2. The highest BCUT2D eigenvalue weighted by molar-refractivity contribution is 6.24. The van der Waals surface area contributed by atoms with Crippen molar-refractivity contribution in [1.82, 2.24) is 14.4 Å². The Balaban J connectivity index is 0.000000138. The molecule has 3 nitrogen and oxygen atoms in total. The molecule has 0 saturated carbocycles. The van der Waals surface area contributed by atoms with Gasteiger partial charge < -0.3 is 0 Å². The van der Waals surface area contributed by atoms with E-state index < -0.39 is 0 Å². The van der Waals surface area contributed by atoms with E-state index in [0.717, 1.165) is 11.5 Å². The zero-order valence-corrected chi connectivity index (χ0v) is 44.0. The molecule has 2 heterocycles. The van der Waals surface area contributed by atoms with Gasteiger partial charge in [0.1, 0.15) is 11.5 Å². The number of fused-ring (bicyclic) bond motifs is 5. The van der Waals surface area contributed by atoms with Crippen LogP contribution in [0.4, 0.5) is 0 Å². The predicted octanol–water partition coefficient (Wildman–Crippen LogP) is 19.6. The van der Waals surface area contributed by atoms with E-state index in [9.17, 15) is 0 Å². The summed E-state index contributed by atoms with van der Waals surface area (Å²) in [5.74, 6) is 3.76. The molecular weight excluding hydrogens is 847 g/mol. The number of hydrogen-bond donors (Lipinski definition) is 0. The minimum Gasteiger partial charge on any atom is -0.288 e. The minimum atomic E-state index is 0. The van der Waals surface area contributed by atoms with E-state index >= 15 is 0 Å². The van der Waals surface area contributed by atoms with Gasteiger partial charge in [0.15, 0.2) is 0 Å². The van der Waals surface area contributed by atoms with E-state index in [1.165, 1.54) is 115 Å². The first kappa shape index (κ1) is 51.3. The lowest BCUT2D eigenvalue weighted by Crippen LogP contribution is -2.08. The van der Waals surface area contributed by atoms with Crippen LogP contribution in [0.25, 0.3) is 71.7 Å². The normalized spacial score (nSPS) is 13.2. The molecule has 1 unspecified atom stereocenters. The van der Waals surface area contributed by atoms with Crippen LogP contribution in [0.3, 0.4) is 0 Å². The maximum absolute atomic E-state index is 4.72. The number of imidazole rings is 1. The Hall–Kier alpha value is -6.58. The maximum Gasteiger partial charge on any atom is 0.147 e. The van der Waals surface area contributed by atoms with Crippen molar-refractivity contribution in [3.05, 3.63) is 195 Å². The molecule has 0 aliphatic heterocycles. The Kier molecular flexibility index (Phi) is 15.5. The first-order valence-electron chi connectivity index (χ1n) is 25.3. The fraction of sp³-hybridized carbons (Fsp3) is 0.313. The van der Waals surface area contributed by atoms with Gasteiger partial charge in [0.25, 0.3) is 0 Å². The molecule has 2 aromatic heterocycles. The Morgan fingerprint density at radius 2 is 1.10 bits per heavy atom. The Bertz CT molecular complexity index is 3540. The lowest BCUT2D eigenvalue weighted by molar-refractivity contribution is 0.570. The largest absolute Gasteiger partial charge is 0.288 e. The lowest BCUT2D eigenvalue weighted by Gasteiger charge is -2.17. The second-order valence-electron chi connectivity index (χ2n) is 20.8. The summed E-state index contributed by atoms with van der Waals surface area (Å²) < 4.78 is 2.05. The molecular formula is C67H77N3. The summed E-state index contributed by atoms with van der Waals surface area (Å²) in [5.41, 5.74) is 16.0. The fourth-order valence-electron chi connectivity index (χ4n) is 10.9. The van der Waals surface area contributed by atoms with Gasteiger partial charge in [-0.3, -0.25) is 4.40 Å². The summed E-state index contributed by atoms with van der Waals surface area (Å²) in [7, 11) is 0. The van der Waals surface area contributed by atoms with Gasteiger partial charge in [0.05, 0.1) is 5.69 Å². The monoisotopic (exact) mass is 924 g/mol. The van der Waals surface area contributed by atoms with Crippen molar-refractivity contribution in [2.45, 2.75) is 135 Å². The van der Waals surface area contributed by atoms with Crippen molar-refractivity contribution in [1.29, 1.82) is 0 Å². The fourth-order valence-corrected chi connectivity index (χ4v) is 10.9. The summed E-state index contributed by atoms with van der Waals surface area (Å²) in [6, 6.07) is 38.3. The molecule has 0 radical (unpaired) electrons. The van der Waals surface area contributed by atoms with Gasteiger partial charge in [-0.05, 0) is 171 Å². The molecule has 3 heteroatoms. The molecule has 1 aliphatic carbocycles. The molecule has 10 aromatic rings. The van der Waals surface area contributed by atoms with Crippen LogP contribution >= 0.6 is 0 Å². The molecule has 0 fully saturated rings. The van der Waals surface area contributed by atoms with Crippen molar-refractivity contribution >= 4 is 71.7 Å². The zero-order chi connectivity index (χ0) is 49.4.